The number of amides is 1. The molecule has 1 aliphatic rings. The van der Waals surface area contributed by atoms with Gasteiger partial charge in [0, 0.05) is 13.0 Å². The van der Waals surface area contributed by atoms with Crippen LogP contribution in [0, 0.1) is 0 Å². The molecule has 1 amide bonds. The van der Waals surface area contributed by atoms with E-state index in [-0.39, 0.29) is 18.9 Å². The smallest absolute Gasteiger partial charge is 0.407 e. The van der Waals surface area contributed by atoms with E-state index in [1.54, 1.807) is 0 Å². The van der Waals surface area contributed by atoms with Crippen LogP contribution in [0.25, 0.3) is 0 Å². The molecule has 0 heterocycles. The van der Waals surface area contributed by atoms with Crippen molar-refractivity contribution in [1.29, 1.82) is 0 Å². The van der Waals surface area contributed by atoms with E-state index in [1.165, 1.54) is 0 Å². The number of rotatable bonds is 5. The zero-order valence-corrected chi connectivity index (χ0v) is 11.5. The molecule has 0 aromatic heterocycles. The van der Waals surface area contributed by atoms with Gasteiger partial charge < -0.3 is 15.2 Å². The fourth-order valence-corrected chi connectivity index (χ4v) is 2.20. The monoisotopic (exact) mass is 279 g/mol. The summed E-state index contributed by atoms with van der Waals surface area (Å²) in [6, 6.07) is -0.197. The van der Waals surface area contributed by atoms with Crippen molar-refractivity contribution in [3.05, 3.63) is 0 Å². The second-order valence-corrected chi connectivity index (χ2v) is 5.33. The van der Waals surface area contributed by atoms with Crippen LogP contribution in [0.1, 0.15) is 52.4 Å². The minimum Gasteiger partial charge on any atom is -0.450 e. The number of nitrogens with one attached hydrogen (secondary N) is 1. The third-order valence-electron chi connectivity index (χ3n) is 3.68. The topological polar surface area (TPSA) is 58.6 Å². The van der Waals surface area contributed by atoms with Crippen LogP contribution in [0.2, 0.25) is 0 Å². The minimum absolute atomic E-state index is 0.0175. The van der Waals surface area contributed by atoms with E-state index in [0.29, 0.717) is 19.4 Å². The molecular weight excluding hydrogens is 256 g/mol. The Bertz CT molecular complexity index is 297. The highest BCUT2D eigenvalue weighted by molar-refractivity contribution is 5.67. The molecule has 0 aliphatic heterocycles. The lowest BCUT2D eigenvalue weighted by atomic mass is 9.78. The van der Waals surface area contributed by atoms with Crippen LogP contribution in [0.3, 0.4) is 0 Å². The first-order chi connectivity index (χ1) is 8.78. The Morgan fingerprint density at radius 2 is 2.05 bits per heavy atom. The van der Waals surface area contributed by atoms with Gasteiger partial charge in [-0.3, -0.25) is 0 Å². The average molecular weight is 279 g/mol. The molecule has 0 spiro atoms. The summed E-state index contributed by atoms with van der Waals surface area (Å²) in [5.74, 6) is -3.11. The summed E-state index contributed by atoms with van der Waals surface area (Å²) in [5.41, 5.74) is -1.95. The molecule has 0 saturated heterocycles. The Kier molecular flexibility index (Phi) is 5.52. The fourth-order valence-electron chi connectivity index (χ4n) is 2.20. The predicted octanol–water partition coefficient (Wildman–Crippen LogP) is 2.84. The number of aliphatic hydroxyl groups is 1. The van der Waals surface area contributed by atoms with Gasteiger partial charge in [-0.1, -0.05) is 13.3 Å². The van der Waals surface area contributed by atoms with Crippen LogP contribution in [-0.4, -0.2) is 35.4 Å². The molecule has 2 N–H and O–H groups in total. The predicted molar refractivity (Wildman–Crippen MR) is 67.2 cm³/mol. The molecule has 1 rings (SSSR count). The lowest BCUT2D eigenvalue weighted by Crippen LogP contribution is -2.51. The minimum atomic E-state index is -3.11. The number of hydrogen-bond acceptors (Lipinski definition) is 3. The molecule has 0 bridgehead atoms. The normalized spacial score (nSPS) is 27.9. The third kappa shape index (κ3) is 4.60. The van der Waals surface area contributed by atoms with Crippen LogP contribution >= 0.6 is 0 Å². The van der Waals surface area contributed by atoms with Crippen molar-refractivity contribution in [2.45, 2.75) is 69.9 Å². The molecule has 0 aromatic carbocycles. The summed E-state index contributed by atoms with van der Waals surface area (Å²) in [5, 5.41) is 12.5. The van der Waals surface area contributed by atoms with Gasteiger partial charge in [-0.2, -0.15) is 0 Å². The Balaban J connectivity index is 2.32. The molecule has 4 nitrogen and oxygen atoms in total. The fraction of sp³-hybridized carbons (Fsp3) is 0.923. The largest absolute Gasteiger partial charge is 0.450 e. The zero-order chi connectivity index (χ0) is 14.5. The maximum atomic E-state index is 13.2. The van der Waals surface area contributed by atoms with Crippen LogP contribution < -0.4 is 5.32 Å². The van der Waals surface area contributed by atoms with Gasteiger partial charge in [0.15, 0.2) is 0 Å². The van der Waals surface area contributed by atoms with Crippen molar-refractivity contribution in [2.75, 3.05) is 6.61 Å². The highest BCUT2D eigenvalue weighted by atomic mass is 19.3. The summed E-state index contributed by atoms with van der Waals surface area (Å²) in [6.45, 7) is 3.10. The van der Waals surface area contributed by atoms with Crippen molar-refractivity contribution in [3.8, 4) is 0 Å². The van der Waals surface area contributed by atoms with Gasteiger partial charge in [-0.05, 0) is 32.1 Å². The highest BCUT2D eigenvalue weighted by Gasteiger charge is 2.50. The standard InChI is InChI=1S/C13H23F2NO3/c1-3-4-9-19-11(17)16-10-5-7-13(18,8-6-10)12(2,14)15/h10,18H,3-9H2,1-2H3,(H,16,17). The van der Waals surface area contributed by atoms with Gasteiger partial charge in [0.1, 0.15) is 5.60 Å². The quantitative estimate of drug-likeness (QED) is 0.761. The summed E-state index contributed by atoms with van der Waals surface area (Å²) in [6.07, 6.45) is 1.88. The number of unbranched alkanes of at least 4 members (excludes halogenated alkanes) is 1. The SMILES string of the molecule is CCCCOC(=O)NC1CCC(O)(C(C)(F)F)CC1. The van der Waals surface area contributed by atoms with Crippen LogP contribution in [0.15, 0.2) is 0 Å². The summed E-state index contributed by atoms with van der Waals surface area (Å²) in [7, 11) is 0. The summed E-state index contributed by atoms with van der Waals surface area (Å²) < 4.78 is 31.4. The van der Waals surface area contributed by atoms with Crippen molar-refractivity contribution in [2.24, 2.45) is 0 Å². The number of carbonyl (C=O) groups is 1. The second-order valence-electron chi connectivity index (χ2n) is 5.33. The van der Waals surface area contributed by atoms with Gasteiger partial charge in [-0.25, -0.2) is 13.6 Å². The number of hydrogen-bond donors (Lipinski definition) is 2. The van der Waals surface area contributed by atoms with Crippen LogP contribution in [0.5, 0.6) is 0 Å². The molecule has 0 unspecified atom stereocenters. The average Bonchev–Trinajstić information content (AvgIpc) is 2.31. The van der Waals surface area contributed by atoms with E-state index < -0.39 is 17.6 Å². The molecule has 6 heteroatoms. The zero-order valence-electron chi connectivity index (χ0n) is 11.5. The van der Waals surface area contributed by atoms with E-state index in [2.05, 4.69) is 5.32 Å². The molecule has 1 aliphatic carbocycles. The number of halogens is 2. The molecule has 1 fully saturated rings. The molecule has 112 valence electrons. The molecule has 0 atom stereocenters. The van der Waals surface area contributed by atoms with Crippen LogP contribution in [0.4, 0.5) is 13.6 Å². The lowest BCUT2D eigenvalue weighted by molar-refractivity contribution is -0.185. The first-order valence-electron chi connectivity index (χ1n) is 6.82. The van der Waals surface area contributed by atoms with Crippen LogP contribution in [-0.2, 0) is 4.74 Å². The highest BCUT2D eigenvalue weighted by Crippen LogP contribution is 2.40. The Hall–Kier alpha value is -0.910. The molecule has 1 saturated carbocycles. The lowest BCUT2D eigenvalue weighted by Gasteiger charge is -2.39. The Morgan fingerprint density at radius 3 is 2.53 bits per heavy atom. The summed E-state index contributed by atoms with van der Waals surface area (Å²) in [4.78, 5) is 11.4. The molecule has 19 heavy (non-hydrogen) atoms. The first kappa shape index (κ1) is 16.1. The van der Waals surface area contributed by atoms with E-state index >= 15 is 0 Å². The van der Waals surface area contributed by atoms with Crippen molar-refractivity contribution >= 4 is 6.09 Å². The first-order valence-corrected chi connectivity index (χ1v) is 6.82. The van der Waals surface area contributed by atoms with E-state index in [4.69, 9.17) is 4.74 Å². The molecule has 0 radical (unpaired) electrons. The number of carbonyl (C=O) groups excluding carboxylic acids is 1. The maximum Gasteiger partial charge on any atom is 0.407 e. The van der Waals surface area contributed by atoms with E-state index in [9.17, 15) is 18.7 Å². The van der Waals surface area contributed by atoms with Crippen molar-refractivity contribution < 1.29 is 23.4 Å². The maximum absolute atomic E-state index is 13.2. The Morgan fingerprint density at radius 1 is 1.47 bits per heavy atom. The van der Waals surface area contributed by atoms with Crippen molar-refractivity contribution in [1.82, 2.24) is 5.32 Å². The molecule has 0 aromatic rings. The second kappa shape index (κ2) is 6.50. The Labute approximate surface area is 112 Å². The van der Waals surface area contributed by atoms with E-state index in [0.717, 1.165) is 19.8 Å². The molecular formula is C13H23F2NO3. The van der Waals surface area contributed by atoms with Gasteiger partial charge in [0.05, 0.1) is 6.61 Å². The van der Waals surface area contributed by atoms with Gasteiger partial charge in [0.25, 0.3) is 5.92 Å². The van der Waals surface area contributed by atoms with Gasteiger partial charge in [0.2, 0.25) is 0 Å². The number of alkyl halides is 2. The van der Waals surface area contributed by atoms with E-state index in [1.807, 2.05) is 6.92 Å². The van der Waals surface area contributed by atoms with Crippen molar-refractivity contribution in [3.63, 3.8) is 0 Å². The number of alkyl carbamates (subject to hydrolysis) is 1. The van der Waals surface area contributed by atoms with Gasteiger partial charge in [-0.15, -0.1) is 0 Å². The third-order valence-corrected chi connectivity index (χ3v) is 3.68. The van der Waals surface area contributed by atoms with Gasteiger partial charge >= 0.3 is 6.09 Å². The number of ether oxygens (including phenoxy) is 1. The summed E-state index contributed by atoms with van der Waals surface area (Å²) >= 11 is 0.